The summed E-state index contributed by atoms with van der Waals surface area (Å²) in [5.41, 5.74) is 8.08. The average molecular weight is 286 g/mol. The predicted octanol–water partition coefficient (Wildman–Crippen LogP) is 3.59. The number of carbonyl (C=O) groups is 1. The molecule has 1 heterocycles. The van der Waals surface area contributed by atoms with E-state index in [1.54, 1.807) is 0 Å². The summed E-state index contributed by atoms with van der Waals surface area (Å²) in [4.78, 5) is 14.9. The molecule has 110 valence electrons. The molecule has 2 aromatic rings. The third-order valence-electron chi connectivity index (χ3n) is 3.11. The highest BCUT2D eigenvalue weighted by molar-refractivity contribution is 5.86. The third-order valence-corrected chi connectivity index (χ3v) is 3.11. The minimum absolute atomic E-state index is 0.0991. The average Bonchev–Trinajstić information content (AvgIpc) is 2.40. The fourth-order valence-corrected chi connectivity index (χ4v) is 1.96. The molecule has 0 amide bonds. The number of benzene rings is 1. The Morgan fingerprint density at radius 1 is 1.29 bits per heavy atom. The molecule has 2 rings (SSSR count). The van der Waals surface area contributed by atoms with Gasteiger partial charge in [-0.2, -0.15) is 0 Å². The van der Waals surface area contributed by atoms with Gasteiger partial charge in [0.2, 0.25) is 5.88 Å². The molecule has 0 radical (unpaired) electrons. The van der Waals surface area contributed by atoms with E-state index in [-0.39, 0.29) is 17.5 Å². The van der Waals surface area contributed by atoms with Crippen molar-refractivity contribution >= 4 is 11.7 Å². The van der Waals surface area contributed by atoms with Crippen LogP contribution in [0.3, 0.4) is 0 Å². The zero-order valence-electron chi connectivity index (χ0n) is 12.3. The maximum atomic E-state index is 11.0. The van der Waals surface area contributed by atoms with E-state index in [0.29, 0.717) is 11.4 Å². The minimum atomic E-state index is -1.12. The Kier molecular flexibility index (Phi) is 4.12. The third kappa shape index (κ3) is 3.31. The lowest BCUT2D eigenvalue weighted by Crippen LogP contribution is -2.04. The summed E-state index contributed by atoms with van der Waals surface area (Å²) in [5.74, 6) is -0.0909. The number of hydrogen-bond donors (Lipinski definition) is 2. The zero-order chi connectivity index (χ0) is 15.6. The van der Waals surface area contributed by atoms with Gasteiger partial charge in [-0.3, -0.25) is 0 Å². The van der Waals surface area contributed by atoms with Gasteiger partial charge in [0.25, 0.3) is 0 Å². The Labute approximate surface area is 123 Å². The van der Waals surface area contributed by atoms with Crippen LogP contribution in [0.25, 0.3) is 0 Å². The number of aryl methyl sites for hydroxylation is 1. The van der Waals surface area contributed by atoms with Gasteiger partial charge in [0.05, 0.1) is 5.69 Å². The van der Waals surface area contributed by atoms with Crippen molar-refractivity contribution in [2.45, 2.75) is 26.7 Å². The molecule has 1 aromatic heterocycles. The molecular weight excluding hydrogens is 268 g/mol. The van der Waals surface area contributed by atoms with Crippen molar-refractivity contribution in [2.75, 3.05) is 5.73 Å². The van der Waals surface area contributed by atoms with E-state index in [1.165, 1.54) is 12.1 Å². The molecule has 0 atom stereocenters. The molecule has 0 aliphatic heterocycles. The predicted molar refractivity (Wildman–Crippen MR) is 81.0 cm³/mol. The largest absolute Gasteiger partial charge is 0.477 e. The highest BCUT2D eigenvalue weighted by atomic mass is 16.5. The van der Waals surface area contributed by atoms with Crippen LogP contribution < -0.4 is 10.5 Å². The van der Waals surface area contributed by atoms with Crippen LogP contribution in [0.4, 0.5) is 5.69 Å². The molecule has 0 unspecified atom stereocenters. The topological polar surface area (TPSA) is 85.4 Å². The molecular formula is C16H18N2O3. The summed E-state index contributed by atoms with van der Waals surface area (Å²) in [6.45, 7) is 6.07. The second-order valence-corrected chi connectivity index (χ2v) is 5.19. The lowest BCUT2D eigenvalue weighted by atomic mass is 10.0. The van der Waals surface area contributed by atoms with E-state index in [4.69, 9.17) is 15.6 Å². The number of anilines is 1. The molecule has 0 aliphatic rings. The number of pyridine rings is 1. The summed E-state index contributed by atoms with van der Waals surface area (Å²) in [6, 6.07) is 8.73. The molecule has 0 aliphatic carbocycles. The van der Waals surface area contributed by atoms with E-state index in [2.05, 4.69) is 18.8 Å². The van der Waals surface area contributed by atoms with Crippen molar-refractivity contribution < 1.29 is 14.6 Å². The van der Waals surface area contributed by atoms with Crippen LogP contribution >= 0.6 is 0 Å². The number of nitrogens with two attached hydrogens (primary N) is 1. The number of nitrogen functional groups attached to an aromatic ring is 1. The number of rotatable bonds is 4. The monoisotopic (exact) mass is 286 g/mol. The van der Waals surface area contributed by atoms with Gasteiger partial charge in [-0.15, -0.1) is 0 Å². The first-order valence-electron chi connectivity index (χ1n) is 6.66. The molecule has 5 nitrogen and oxygen atoms in total. The number of carboxylic acids is 1. The van der Waals surface area contributed by atoms with Gasteiger partial charge >= 0.3 is 5.97 Å². The molecule has 21 heavy (non-hydrogen) atoms. The Balaban J connectivity index is 2.44. The van der Waals surface area contributed by atoms with Gasteiger partial charge in [-0.05, 0) is 42.2 Å². The van der Waals surface area contributed by atoms with Crippen molar-refractivity contribution in [1.82, 2.24) is 4.98 Å². The van der Waals surface area contributed by atoms with Crippen LogP contribution in [-0.2, 0) is 0 Å². The lowest BCUT2D eigenvalue weighted by molar-refractivity contribution is 0.0689. The van der Waals surface area contributed by atoms with Crippen LogP contribution in [0.1, 0.15) is 41.4 Å². The number of ether oxygens (including phenoxy) is 1. The molecule has 0 fully saturated rings. The van der Waals surface area contributed by atoms with E-state index >= 15 is 0 Å². The number of carboxylic acid groups (broad SMARTS) is 1. The summed E-state index contributed by atoms with van der Waals surface area (Å²) in [6.07, 6.45) is 0. The molecule has 5 heteroatoms. The van der Waals surface area contributed by atoms with Crippen molar-refractivity contribution in [3.05, 3.63) is 47.2 Å². The van der Waals surface area contributed by atoms with Crippen molar-refractivity contribution in [3.8, 4) is 11.6 Å². The number of hydrogen-bond acceptors (Lipinski definition) is 4. The van der Waals surface area contributed by atoms with E-state index < -0.39 is 5.97 Å². The van der Waals surface area contributed by atoms with Crippen LogP contribution in [0.5, 0.6) is 11.6 Å². The minimum Gasteiger partial charge on any atom is -0.477 e. The smallest absolute Gasteiger partial charge is 0.354 e. The molecule has 0 spiro atoms. The van der Waals surface area contributed by atoms with E-state index in [1.807, 2.05) is 25.1 Å². The number of aromatic nitrogens is 1. The fourth-order valence-electron chi connectivity index (χ4n) is 1.96. The van der Waals surface area contributed by atoms with Gasteiger partial charge in [-0.1, -0.05) is 26.0 Å². The SMILES string of the molecule is Cc1ccc(C(C)C)c(Oc2nc(C(=O)O)ccc2N)c1. The Hall–Kier alpha value is -2.56. The first-order chi connectivity index (χ1) is 9.88. The number of aromatic carboxylic acids is 1. The standard InChI is InChI=1S/C16H18N2O3/c1-9(2)11-5-4-10(3)8-14(11)21-15-12(17)6-7-13(18-15)16(19)20/h4-9H,17H2,1-3H3,(H,19,20). The van der Waals surface area contributed by atoms with Crippen LogP contribution in [-0.4, -0.2) is 16.1 Å². The van der Waals surface area contributed by atoms with Crippen molar-refractivity contribution in [2.24, 2.45) is 0 Å². The second-order valence-electron chi connectivity index (χ2n) is 5.19. The summed E-state index contributed by atoms with van der Waals surface area (Å²) >= 11 is 0. The number of nitrogens with zero attached hydrogens (tertiary/aromatic N) is 1. The summed E-state index contributed by atoms with van der Waals surface area (Å²) in [7, 11) is 0. The van der Waals surface area contributed by atoms with Crippen LogP contribution in [0.15, 0.2) is 30.3 Å². The maximum Gasteiger partial charge on any atom is 0.354 e. The molecule has 0 bridgehead atoms. The van der Waals surface area contributed by atoms with Gasteiger partial charge in [0.1, 0.15) is 5.75 Å². The normalized spacial score (nSPS) is 10.7. The second kappa shape index (κ2) is 5.83. The van der Waals surface area contributed by atoms with Crippen LogP contribution in [0, 0.1) is 6.92 Å². The van der Waals surface area contributed by atoms with Gasteiger partial charge in [0, 0.05) is 0 Å². The molecule has 0 saturated carbocycles. The highest BCUT2D eigenvalue weighted by Crippen LogP contribution is 2.33. The van der Waals surface area contributed by atoms with Crippen molar-refractivity contribution in [1.29, 1.82) is 0 Å². The van der Waals surface area contributed by atoms with E-state index in [0.717, 1.165) is 11.1 Å². The van der Waals surface area contributed by atoms with E-state index in [9.17, 15) is 4.79 Å². The van der Waals surface area contributed by atoms with Crippen molar-refractivity contribution in [3.63, 3.8) is 0 Å². The molecule has 1 aromatic carbocycles. The maximum absolute atomic E-state index is 11.0. The molecule has 0 saturated heterocycles. The molecule has 3 N–H and O–H groups in total. The van der Waals surface area contributed by atoms with Gasteiger partial charge < -0.3 is 15.6 Å². The summed E-state index contributed by atoms with van der Waals surface area (Å²) in [5, 5.41) is 8.99. The Morgan fingerprint density at radius 2 is 2.00 bits per heavy atom. The quantitative estimate of drug-likeness (QED) is 0.897. The zero-order valence-corrected chi connectivity index (χ0v) is 12.3. The Bertz CT molecular complexity index is 681. The van der Waals surface area contributed by atoms with Gasteiger partial charge in [0.15, 0.2) is 5.69 Å². The summed E-state index contributed by atoms with van der Waals surface area (Å²) < 4.78 is 5.77. The first-order valence-corrected chi connectivity index (χ1v) is 6.66. The fraction of sp³-hybridized carbons (Fsp3) is 0.250. The Morgan fingerprint density at radius 3 is 2.62 bits per heavy atom. The lowest BCUT2D eigenvalue weighted by Gasteiger charge is -2.15. The van der Waals surface area contributed by atoms with Crippen LogP contribution in [0.2, 0.25) is 0 Å². The highest BCUT2D eigenvalue weighted by Gasteiger charge is 2.14. The van der Waals surface area contributed by atoms with Gasteiger partial charge in [-0.25, -0.2) is 9.78 Å². The first kappa shape index (κ1) is 14.8.